The number of nitrogens with zero attached hydrogens (tertiary/aromatic N) is 3. The van der Waals surface area contributed by atoms with Gasteiger partial charge in [-0.3, -0.25) is 14.5 Å². The molecule has 0 radical (unpaired) electrons. The van der Waals surface area contributed by atoms with E-state index in [0.29, 0.717) is 10.9 Å². The van der Waals surface area contributed by atoms with E-state index >= 15 is 0 Å². The van der Waals surface area contributed by atoms with Crippen molar-refractivity contribution in [2.75, 3.05) is 36.4 Å². The molecule has 6 rings (SSSR count). The summed E-state index contributed by atoms with van der Waals surface area (Å²) in [7, 11) is 0. The number of anilines is 2. The lowest BCUT2D eigenvalue weighted by Gasteiger charge is -2.36. The van der Waals surface area contributed by atoms with Crippen LogP contribution in [0.2, 0.25) is 0 Å². The van der Waals surface area contributed by atoms with Crippen molar-refractivity contribution in [1.29, 1.82) is 0 Å². The lowest BCUT2D eigenvalue weighted by Crippen LogP contribution is -2.45. The van der Waals surface area contributed by atoms with E-state index in [1.54, 1.807) is 6.20 Å². The van der Waals surface area contributed by atoms with Crippen molar-refractivity contribution in [2.45, 2.75) is 6.54 Å². The highest BCUT2D eigenvalue weighted by Crippen LogP contribution is 2.33. The highest BCUT2D eigenvalue weighted by atomic mass is 16.1. The summed E-state index contributed by atoms with van der Waals surface area (Å²) in [6.45, 7) is 8.19. The van der Waals surface area contributed by atoms with Crippen molar-refractivity contribution in [1.82, 2.24) is 14.9 Å². The van der Waals surface area contributed by atoms with Crippen molar-refractivity contribution in [3.05, 3.63) is 126 Å². The zero-order valence-electron chi connectivity index (χ0n) is 22.7. The summed E-state index contributed by atoms with van der Waals surface area (Å²) in [6, 6.07) is 30.4. The van der Waals surface area contributed by atoms with Crippen LogP contribution in [0.5, 0.6) is 0 Å². The molecule has 2 aromatic heterocycles. The van der Waals surface area contributed by atoms with Gasteiger partial charge in [0.05, 0.1) is 16.6 Å². The minimum Gasteiger partial charge on any atom is -0.369 e. The molecule has 41 heavy (non-hydrogen) atoms. The zero-order valence-corrected chi connectivity index (χ0v) is 22.7. The molecule has 0 bridgehead atoms. The summed E-state index contributed by atoms with van der Waals surface area (Å²) in [4.78, 5) is 36.5. The first-order valence-electron chi connectivity index (χ1n) is 13.8. The molecule has 2 N–H and O–H groups in total. The predicted octanol–water partition coefficient (Wildman–Crippen LogP) is 5.70. The molecule has 7 nitrogen and oxygen atoms in total. The van der Waals surface area contributed by atoms with E-state index in [2.05, 4.69) is 50.9 Å². The van der Waals surface area contributed by atoms with Gasteiger partial charge in [-0.25, -0.2) is 4.98 Å². The predicted molar refractivity (Wildman–Crippen MR) is 166 cm³/mol. The molecule has 204 valence electrons. The molecule has 1 saturated heterocycles. The second-order valence-electron chi connectivity index (χ2n) is 10.2. The second kappa shape index (κ2) is 11.6. The SMILES string of the molecule is C=CC(=O)Nc1ccc(N2CCN(Cc3ccc(-c4nc5cc[nH]c(=O)c5cc4-c4ccccc4)cc3)CC2)cc1. The first-order chi connectivity index (χ1) is 20.1. The second-order valence-corrected chi connectivity index (χ2v) is 10.2. The Balaban J connectivity index is 1.15. The summed E-state index contributed by atoms with van der Waals surface area (Å²) in [5, 5.41) is 3.37. The zero-order chi connectivity index (χ0) is 28.2. The fourth-order valence-electron chi connectivity index (χ4n) is 5.31. The van der Waals surface area contributed by atoms with Gasteiger partial charge < -0.3 is 15.2 Å². The van der Waals surface area contributed by atoms with E-state index in [9.17, 15) is 9.59 Å². The molecule has 1 fully saturated rings. The highest BCUT2D eigenvalue weighted by Gasteiger charge is 2.18. The maximum absolute atomic E-state index is 12.5. The van der Waals surface area contributed by atoms with Crippen LogP contribution in [0.3, 0.4) is 0 Å². The maximum Gasteiger partial charge on any atom is 0.257 e. The number of fused-ring (bicyclic) bond motifs is 1. The van der Waals surface area contributed by atoms with Crippen molar-refractivity contribution in [2.24, 2.45) is 0 Å². The molecule has 0 aliphatic carbocycles. The van der Waals surface area contributed by atoms with Crippen LogP contribution in [0, 0.1) is 0 Å². The number of nitrogens with one attached hydrogen (secondary N) is 2. The average molecular weight is 542 g/mol. The standard InChI is InChI=1S/C34H31N5O2/c1-2-32(40)36-27-12-14-28(15-13-27)39-20-18-38(19-21-39)23-24-8-10-26(11-9-24)33-29(25-6-4-3-5-7-25)22-30-31(37-33)16-17-35-34(30)41/h2-17,22H,1,18-21,23H2,(H,35,41)(H,36,40). The Kier molecular flexibility index (Phi) is 7.43. The van der Waals surface area contributed by atoms with Gasteiger partial charge in [0, 0.05) is 61.4 Å². The number of carbonyl (C=O) groups excluding carboxylic acids is 1. The van der Waals surface area contributed by atoms with Gasteiger partial charge >= 0.3 is 0 Å². The summed E-state index contributed by atoms with van der Waals surface area (Å²) < 4.78 is 0. The highest BCUT2D eigenvalue weighted by molar-refractivity contribution is 5.99. The van der Waals surface area contributed by atoms with Gasteiger partial charge in [-0.05, 0) is 53.6 Å². The van der Waals surface area contributed by atoms with Gasteiger partial charge in [0.15, 0.2) is 0 Å². The maximum atomic E-state index is 12.5. The number of rotatable bonds is 7. The van der Waals surface area contributed by atoms with Gasteiger partial charge in [-0.1, -0.05) is 61.2 Å². The number of hydrogen-bond donors (Lipinski definition) is 2. The summed E-state index contributed by atoms with van der Waals surface area (Å²) in [6.07, 6.45) is 2.91. The fourth-order valence-corrected chi connectivity index (χ4v) is 5.31. The Morgan fingerprint density at radius 1 is 0.902 bits per heavy atom. The van der Waals surface area contributed by atoms with Gasteiger partial charge in [0.25, 0.3) is 5.56 Å². The van der Waals surface area contributed by atoms with Crippen LogP contribution < -0.4 is 15.8 Å². The normalized spacial score (nSPS) is 13.7. The number of benzene rings is 3. The van der Waals surface area contributed by atoms with Crippen LogP contribution in [0.1, 0.15) is 5.56 Å². The molecule has 5 aromatic rings. The number of pyridine rings is 2. The number of amides is 1. The molecule has 0 atom stereocenters. The largest absolute Gasteiger partial charge is 0.369 e. The van der Waals surface area contributed by atoms with Crippen molar-refractivity contribution in [3.8, 4) is 22.4 Å². The van der Waals surface area contributed by atoms with E-state index < -0.39 is 0 Å². The number of piperazine rings is 1. The average Bonchev–Trinajstić information content (AvgIpc) is 3.02. The number of aromatic amines is 1. The van der Waals surface area contributed by atoms with Crippen LogP contribution in [0.25, 0.3) is 33.3 Å². The Labute approximate surface area is 238 Å². The van der Waals surface area contributed by atoms with Gasteiger partial charge in [-0.2, -0.15) is 0 Å². The van der Waals surface area contributed by atoms with E-state index in [1.165, 1.54) is 11.6 Å². The van der Waals surface area contributed by atoms with Gasteiger partial charge in [0.1, 0.15) is 0 Å². The molecule has 0 unspecified atom stereocenters. The number of hydrogen-bond acceptors (Lipinski definition) is 5. The van der Waals surface area contributed by atoms with E-state index in [1.807, 2.05) is 66.7 Å². The quantitative estimate of drug-likeness (QED) is 0.258. The smallest absolute Gasteiger partial charge is 0.257 e. The van der Waals surface area contributed by atoms with E-state index in [-0.39, 0.29) is 11.5 Å². The lowest BCUT2D eigenvalue weighted by molar-refractivity contribution is -0.111. The third-order valence-corrected chi connectivity index (χ3v) is 7.53. The van der Waals surface area contributed by atoms with E-state index in [4.69, 9.17) is 4.98 Å². The molecular weight excluding hydrogens is 510 g/mol. The molecule has 1 aliphatic heterocycles. The third kappa shape index (κ3) is 5.81. The summed E-state index contributed by atoms with van der Waals surface area (Å²) in [5.41, 5.74) is 7.58. The molecule has 7 heteroatoms. The molecule has 3 aromatic carbocycles. The Morgan fingerprint density at radius 2 is 1.63 bits per heavy atom. The number of H-pyrrole nitrogens is 1. The van der Waals surface area contributed by atoms with Crippen LogP contribution in [0.4, 0.5) is 11.4 Å². The molecule has 0 spiro atoms. The Hall–Kier alpha value is -5.01. The van der Waals surface area contributed by atoms with Crippen LogP contribution in [-0.2, 0) is 11.3 Å². The number of aromatic nitrogens is 2. The summed E-state index contributed by atoms with van der Waals surface area (Å²) in [5.74, 6) is -0.207. The molecule has 3 heterocycles. The van der Waals surface area contributed by atoms with Crippen molar-refractivity contribution < 1.29 is 4.79 Å². The van der Waals surface area contributed by atoms with Crippen LogP contribution in [-0.4, -0.2) is 47.0 Å². The van der Waals surface area contributed by atoms with Crippen LogP contribution in [0.15, 0.2) is 115 Å². The molecule has 0 saturated carbocycles. The fraction of sp³-hybridized carbons (Fsp3) is 0.147. The van der Waals surface area contributed by atoms with Gasteiger partial charge in [0.2, 0.25) is 5.91 Å². The Morgan fingerprint density at radius 3 is 2.34 bits per heavy atom. The summed E-state index contributed by atoms with van der Waals surface area (Å²) >= 11 is 0. The third-order valence-electron chi connectivity index (χ3n) is 7.53. The minimum atomic E-state index is -0.207. The molecular formula is C34H31N5O2. The van der Waals surface area contributed by atoms with Crippen LogP contribution >= 0.6 is 0 Å². The molecule has 1 aliphatic rings. The number of carbonyl (C=O) groups is 1. The first kappa shape index (κ1) is 26.2. The monoisotopic (exact) mass is 541 g/mol. The first-order valence-corrected chi connectivity index (χ1v) is 13.8. The van der Waals surface area contributed by atoms with Gasteiger partial charge in [-0.15, -0.1) is 0 Å². The van der Waals surface area contributed by atoms with E-state index in [0.717, 1.165) is 66.5 Å². The lowest BCUT2D eigenvalue weighted by atomic mass is 9.97. The Bertz CT molecular complexity index is 1740. The van der Waals surface area contributed by atoms with Crippen molar-refractivity contribution in [3.63, 3.8) is 0 Å². The minimum absolute atomic E-state index is 0.136. The molecule has 1 amide bonds. The van der Waals surface area contributed by atoms with Crippen molar-refractivity contribution >= 4 is 28.2 Å². The topological polar surface area (TPSA) is 81.3 Å².